The quantitative estimate of drug-likeness (QED) is 0.417. The molecular formula is C13H28N2O. The Hall–Kier alpha value is -0.120. The highest BCUT2D eigenvalue weighted by molar-refractivity contribution is 4.83. The average Bonchev–Trinajstić information content (AvgIpc) is 2.58. The molecule has 0 bridgehead atoms. The molecule has 2 atom stereocenters. The highest BCUT2D eigenvalue weighted by Gasteiger charge is 2.28. The number of hydrogen-bond donors (Lipinski definition) is 2. The summed E-state index contributed by atoms with van der Waals surface area (Å²) in [6.45, 7) is 2.20. The van der Waals surface area contributed by atoms with E-state index in [1.165, 1.54) is 38.5 Å². The molecule has 3 heteroatoms. The van der Waals surface area contributed by atoms with E-state index in [2.05, 4.69) is 12.3 Å². The molecule has 0 radical (unpaired) electrons. The van der Waals surface area contributed by atoms with Crippen molar-refractivity contribution in [2.45, 2.75) is 70.4 Å². The van der Waals surface area contributed by atoms with Gasteiger partial charge in [-0.3, -0.25) is 11.3 Å². The lowest BCUT2D eigenvalue weighted by molar-refractivity contribution is 0.0374. The van der Waals surface area contributed by atoms with Gasteiger partial charge >= 0.3 is 0 Å². The van der Waals surface area contributed by atoms with Gasteiger partial charge in [0, 0.05) is 7.11 Å². The molecule has 1 aliphatic carbocycles. The zero-order valence-corrected chi connectivity index (χ0v) is 10.9. The maximum atomic E-state index is 5.73. The number of nitrogens with two attached hydrogens (primary N) is 1. The van der Waals surface area contributed by atoms with Gasteiger partial charge < -0.3 is 4.74 Å². The van der Waals surface area contributed by atoms with Gasteiger partial charge in [-0.25, -0.2) is 0 Å². The van der Waals surface area contributed by atoms with Crippen molar-refractivity contribution in [2.24, 2.45) is 11.8 Å². The van der Waals surface area contributed by atoms with Crippen molar-refractivity contribution >= 4 is 0 Å². The first-order valence-electron chi connectivity index (χ1n) is 6.82. The summed E-state index contributed by atoms with van der Waals surface area (Å²) >= 11 is 0. The second-order valence-corrected chi connectivity index (χ2v) is 5.01. The minimum absolute atomic E-state index is 0.276. The van der Waals surface area contributed by atoms with Crippen LogP contribution in [0.15, 0.2) is 0 Å². The van der Waals surface area contributed by atoms with Gasteiger partial charge in [0.25, 0.3) is 0 Å². The molecule has 0 saturated heterocycles. The van der Waals surface area contributed by atoms with Crippen molar-refractivity contribution in [1.82, 2.24) is 5.43 Å². The van der Waals surface area contributed by atoms with Crippen molar-refractivity contribution in [3.8, 4) is 0 Å². The van der Waals surface area contributed by atoms with Crippen LogP contribution in [0.1, 0.15) is 58.3 Å². The summed E-state index contributed by atoms with van der Waals surface area (Å²) in [5.74, 6) is 6.43. The zero-order valence-electron chi connectivity index (χ0n) is 10.9. The molecule has 0 aromatic carbocycles. The van der Waals surface area contributed by atoms with Crippen LogP contribution in [-0.2, 0) is 4.74 Å². The molecule has 1 rings (SSSR count). The fourth-order valence-electron chi connectivity index (χ4n) is 2.95. The molecule has 0 spiro atoms. The maximum Gasteiger partial charge on any atom is 0.0740 e. The molecule has 0 aromatic rings. The van der Waals surface area contributed by atoms with Gasteiger partial charge in [0.1, 0.15) is 0 Å². The van der Waals surface area contributed by atoms with Crippen LogP contribution in [0.5, 0.6) is 0 Å². The normalized spacial score (nSPS) is 22.7. The number of rotatable bonds is 6. The van der Waals surface area contributed by atoms with Crippen molar-refractivity contribution in [3.05, 3.63) is 0 Å². The van der Waals surface area contributed by atoms with Gasteiger partial charge in [-0.2, -0.15) is 0 Å². The molecule has 1 saturated carbocycles. The van der Waals surface area contributed by atoms with Gasteiger partial charge in [0.05, 0.1) is 12.1 Å². The molecule has 2 unspecified atom stereocenters. The molecule has 0 aromatic heterocycles. The molecule has 3 N–H and O–H groups in total. The highest BCUT2D eigenvalue weighted by Crippen LogP contribution is 2.28. The minimum Gasteiger partial charge on any atom is -0.380 e. The number of hydrogen-bond acceptors (Lipinski definition) is 3. The Balaban J connectivity index is 2.54. The standard InChI is InChI=1S/C13H28N2O/c1-3-8-12(16-2)13(15-14)11-9-6-4-5-7-10-11/h11-13,15H,3-10,14H2,1-2H3. The minimum atomic E-state index is 0.276. The molecule has 1 aliphatic rings. The number of hydrazine groups is 1. The SMILES string of the molecule is CCCC(OC)C(NN)C1CCCCCC1. The Bertz CT molecular complexity index is 167. The third-order valence-electron chi connectivity index (χ3n) is 3.88. The highest BCUT2D eigenvalue weighted by atomic mass is 16.5. The van der Waals surface area contributed by atoms with E-state index >= 15 is 0 Å². The van der Waals surface area contributed by atoms with E-state index in [4.69, 9.17) is 10.6 Å². The number of methoxy groups -OCH3 is 1. The molecule has 1 fully saturated rings. The maximum absolute atomic E-state index is 5.73. The third-order valence-corrected chi connectivity index (χ3v) is 3.88. The van der Waals surface area contributed by atoms with Crippen LogP contribution in [0, 0.1) is 5.92 Å². The van der Waals surface area contributed by atoms with Crippen molar-refractivity contribution in [2.75, 3.05) is 7.11 Å². The predicted octanol–water partition coefficient (Wildman–Crippen LogP) is 2.60. The third kappa shape index (κ3) is 4.04. The summed E-state index contributed by atoms with van der Waals surface area (Å²) in [6.07, 6.45) is 10.6. The summed E-state index contributed by atoms with van der Waals surface area (Å²) in [6, 6.07) is 0.336. The Morgan fingerprint density at radius 1 is 1.25 bits per heavy atom. The van der Waals surface area contributed by atoms with E-state index in [0.717, 1.165) is 12.8 Å². The van der Waals surface area contributed by atoms with E-state index in [1.54, 1.807) is 7.11 Å². The lowest BCUT2D eigenvalue weighted by atomic mass is 9.87. The van der Waals surface area contributed by atoms with E-state index in [0.29, 0.717) is 12.0 Å². The first-order chi connectivity index (χ1) is 7.83. The molecule has 16 heavy (non-hydrogen) atoms. The van der Waals surface area contributed by atoms with Gasteiger partial charge in [0.2, 0.25) is 0 Å². The lowest BCUT2D eigenvalue weighted by Gasteiger charge is -2.32. The number of nitrogens with one attached hydrogen (secondary N) is 1. The van der Waals surface area contributed by atoms with Crippen LogP contribution >= 0.6 is 0 Å². The Labute approximate surface area is 100 Å². The smallest absolute Gasteiger partial charge is 0.0740 e. The Morgan fingerprint density at radius 2 is 1.88 bits per heavy atom. The second-order valence-electron chi connectivity index (χ2n) is 5.01. The van der Waals surface area contributed by atoms with Gasteiger partial charge in [0.15, 0.2) is 0 Å². The molecule has 3 nitrogen and oxygen atoms in total. The van der Waals surface area contributed by atoms with Gasteiger partial charge in [-0.05, 0) is 25.2 Å². The average molecular weight is 228 g/mol. The molecule has 0 amide bonds. The topological polar surface area (TPSA) is 47.3 Å². The summed E-state index contributed by atoms with van der Waals surface area (Å²) in [7, 11) is 1.81. The van der Waals surface area contributed by atoms with E-state index in [9.17, 15) is 0 Å². The second kappa shape index (κ2) is 8.04. The first kappa shape index (κ1) is 13.9. The van der Waals surface area contributed by atoms with Crippen LogP contribution in [0.2, 0.25) is 0 Å². The largest absolute Gasteiger partial charge is 0.380 e. The summed E-state index contributed by atoms with van der Waals surface area (Å²) < 4.78 is 5.60. The van der Waals surface area contributed by atoms with Crippen LogP contribution in [0.4, 0.5) is 0 Å². The molecule has 0 heterocycles. The zero-order chi connectivity index (χ0) is 11.8. The van der Waals surface area contributed by atoms with Crippen molar-refractivity contribution in [3.63, 3.8) is 0 Å². The fraction of sp³-hybridized carbons (Fsp3) is 1.00. The molecule has 0 aliphatic heterocycles. The Morgan fingerprint density at radius 3 is 2.31 bits per heavy atom. The van der Waals surface area contributed by atoms with Gasteiger partial charge in [-0.15, -0.1) is 0 Å². The van der Waals surface area contributed by atoms with E-state index in [-0.39, 0.29) is 6.10 Å². The Kier molecular flexibility index (Phi) is 7.01. The fourth-order valence-corrected chi connectivity index (χ4v) is 2.95. The summed E-state index contributed by atoms with van der Waals surface area (Å²) in [4.78, 5) is 0. The van der Waals surface area contributed by atoms with Crippen LogP contribution in [0.3, 0.4) is 0 Å². The molecular weight excluding hydrogens is 200 g/mol. The van der Waals surface area contributed by atoms with Crippen LogP contribution in [0.25, 0.3) is 0 Å². The first-order valence-corrected chi connectivity index (χ1v) is 6.82. The summed E-state index contributed by atoms with van der Waals surface area (Å²) in [5, 5.41) is 0. The van der Waals surface area contributed by atoms with Crippen molar-refractivity contribution < 1.29 is 4.74 Å². The van der Waals surface area contributed by atoms with E-state index in [1.807, 2.05) is 0 Å². The lowest BCUT2D eigenvalue weighted by Crippen LogP contribution is -2.49. The monoisotopic (exact) mass is 228 g/mol. The van der Waals surface area contributed by atoms with Crippen LogP contribution in [-0.4, -0.2) is 19.3 Å². The molecule has 96 valence electrons. The number of ether oxygens (including phenoxy) is 1. The van der Waals surface area contributed by atoms with Gasteiger partial charge in [-0.1, -0.05) is 39.0 Å². The summed E-state index contributed by atoms with van der Waals surface area (Å²) in [5.41, 5.74) is 3.01. The van der Waals surface area contributed by atoms with Crippen LogP contribution < -0.4 is 11.3 Å². The predicted molar refractivity (Wildman–Crippen MR) is 68.0 cm³/mol. The van der Waals surface area contributed by atoms with E-state index < -0.39 is 0 Å². The van der Waals surface area contributed by atoms with Crippen molar-refractivity contribution in [1.29, 1.82) is 0 Å².